The van der Waals surface area contributed by atoms with Crippen molar-refractivity contribution in [2.75, 3.05) is 18.5 Å². The standard InChI is InChI=1S/C13H14BrN3O4/c1-3-19-12-8(7-15-13(17-12)20-4-2)16-11(18)9-5-6-10(14)21-9/h5-7H,3-4H2,1-2H3,(H,16,18). The zero-order valence-electron chi connectivity index (χ0n) is 11.6. The number of nitrogens with one attached hydrogen (secondary N) is 1. The average Bonchev–Trinajstić information content (AvgIpc) is 2.89. The van der Waals surface area contributed by atoms with Gasteiger partial charge in [-0.3, -0.25) is 4.79 Å². The molecule has 0 aliphatic heterocycles. The van der Waals surface area contributed by atoms with E-state index in [0.717, 1.165) is 0 Å². The van der Waals surface area contributed by atoms with E-state index in [4.69, 9.17) is 13.9 Å². The number of aromatic nitrogens is 2. The van der Waals surface area contributed by atoms with Crippen molar-refractivity contribution in [2.45, 2.75) is 13.8 Å². The van der Waals surface area contributed by atoms with Gasteiger partial charge < -0.3 is 19.2 Å². The fraction of sp³-hybridized carbons (Fsp3) is 0.308. The van der Waals surface area contributed by atoms with Crippen LogP contribution in [0.25, 0.3) is 0 Å². The van der Waals surface area contributed by atoms with Crippen molar-refractivity contribution in [1.29, 1.82) is 0 Å². The Bertz CT molecular complexity index is 630. The summed E-state index contributed by atoms with van der Waals surface area (Å²) in [6.07, 6.45) is 1.43. The van der Waals surface area contributed by atoms with Crippen LogP contribution < -0.4 is 14.8 Å². The zero-order chi connectivity index (χ0) is 15.2. The molecule has 0 spiro atoms. The first-order chi connectivity index (χ1) is 10.1. The van der Waals surface area contributed by atoms with Crippen molar-refractivity contribution < 1.29 is 18.7 Å². The topological polar surface area (TPSA) is 86.5 Å². The maximum absolute atomic E-state index is 12.0. The molecule has 2 aromatic heterocycles. The molecule has 2 aromatic rings. The minimum atomic E-state index is -0.422. The Morgan fingerprint density at radius 2 is 2.10 bits per heavy atom. The van der Waals surface area contributed by atoms with E-state index in [0.29, 0.717) is 23.6 Å². The Morgan fingerprint density at radius 1 is 1.33 bits per heavy atom. The van der Waals surface area contributed by atoms with Crippen molar-refractivity contribution in [3.8, 4) is 11.9 Å². The summed E-state index contributed by atoms with van der Waals surface area (Å²) in [6.45, 7) is 4.49. The number of hydrogen-bond donors (Lipinski definition) is 1. The van der Waals surface area contributed by atoms with Gasteiger partial charge in [-0.1, -0.05) is 0 Å². The highest BCUT2D eigenvalue weighted by atomic mass is 79.9. The summed E-state index contributed by atoms with van der Waals surface area (Å²) < 4.78 is 16.2. The van der Waals surface area contributed by atoms with Gasteiger partial charge in [-0.05, 0) is 41.9 Å². The molecule has 0 aliphatic carbocycles. The number of amides is 1. The molecule has 0 unspecified atom stereocenters. The first-order valence-electron chi connectivity index (χ1n) is 6.33. The Hall–Kier alpha value is -2.09. The lowest BCUT2D eigenvalue weighted by Gasteiger charge is -2.10. The van der Waals surface area contributed by atoms with Crippen molar-refractivity contribution in [3.05, 3.63) is 28.8 Å². The van der Waals surface area contributed by atoms with E-state index in [1.807, 2.05) is 13.8 Å². The molecule has 7 nitrogen and oxygen atoms in total. The maximum Gasteiger partial charge on any atom is 0.319 e. The molecule has 0 saturated carbocycles. The molecule has 2 rings (SSSR count). The number of rotatable bonds is 6. The molecule has 0 radical (unpaired) electrons. The van der Waals surface area contributed by atoms with Gasteiger partial charge in [0, 0.05) is 0 Å². The van der Waals surface area contributed by atoms with E-state index < -0.39 is 5.91 Å². The lowest BCUT2D eigenvalue weighted by Crippen LogP contribution is -2.13. The fourth-order valence-electron chi connectivity index (χ4n) is 1.50. The third-order valence-electron chi connectivity index (χ3n) is 2.33. The predicted octanol–water partition coefficient (Wildman–Crippen LogP) is 2.88. The Balaban J connectivity index is 2.20. The van der Waals surface area contributed by atoms with Crippen molar-refractivity contribution >= 4 is 27.5 Å². The molecule has 0 fully saturated rings. The second-order valence-corrected chi connectivity index (χ2v) is 4.58. The summed E-state index contributed by atoms with van der Waals surface area (Å²) >= 11 is 3.14. The summed E-state index contributed by atoms with van der Waals surface area (Å²) in [7, 11) is 0. The van der Waals surface area contributed by atoms with E-state index >= 15 is 0 Å². The Morgan fingerprint density at radius 3 is 2.71 bits per heavy atom. The SMILES string of the molecule is CCOc1ncc(NC(=O)c2ccc(Br)o2)c(OCC)n1. The molecule has 2 heterocycles. The van der Waals surface area contributed by atoms with Crippen LogP contribution in [-0.4, -0.2) is 29.1 Å². The minimum Gasteiger partial charge on any atom is -0.476 e. The van der Waals surface area contributed by atoms with Gasteiger partial charge >= 0.3 is 6.01 Å². The summed E-state index contributed by atoms with van der Waals surface area (Å²) in [5, 5.41) is 2.64. The van der Waals surface area contributed by atoms with Crippen LogP contribution >= 0.6 is 15.9 Å². The van der Waals surface area contributed by atoms with Crippen molar-refractivity contribution in [3.63, 3.8) is 0 Å². The Kier molecular flexibility index (Phi) is 5.15. The predicted molar refractivity (Wildman–Crippen MR) is 78.7 cm³/mol. The van der Waals surface area contributed by atoms with Gasteiger partial charge in [0.1, 0.15) is 5.69 Å². The highest BCUT2D eigenvalue weighted by Gasteiger charge is 2.15. The van der Waals surface area contributed by atoms with Gasteiger partial charge in [0.2, 0.25) is 5.88 Å². The zero-order valence-corrected chi connectivity index (χ0v) is 13.1. The van der Waals surface area contributed by atoms with Gasteiger partial charge in [0.15, 0.2) is 10.4 Å². The highest BCUT2D eigenvalue weighted by molar-refractivity contribution is 9.10. The molecular weight excluding hydrogens is 342 g/mol. The number of ether oxygens (including phenoxy) is 2. The molecule has 112 valence electrons. The van der Waals surface area contributed by atoms with E-state index in [1.165, 1.54) is 6.20 Å². The van der Waals surface area contributed by atoms with Gasteiger partial charge in [-0.2, -0.15) is 4.98 Å². The minimum absolute atomic E-state index is 0.165. The quantitative estimate of drug-likeness (QED) is 0.857. The first-order valence-corrected chi connectivity index (χ1v) is 7.12. The number of anilines is 1. The van der Waals surface area contributed by atoms with Crippen molar-refractivity contribution in [1.82, 2.24) is 9.97 Å². The third kappa shape index (κ3) is 3.94. The molecule has 0 atom stereocenters. The number of halogens is 1. The first kappa shape index (κ1) is 15.3. The fourth-order valence-corrected chi connectivity index (χ4v) is 1.81. The van der Waals surface area contributed by atoms with E-state index in [-0.39, 0.29) is 17.7 Å². The van der Waals surface area contributed by atoms with Gasteiger partial charge in [-0.15, -0.1) is 0 Å². The van der Waals surface area contributed by atoms with E-state index in [1.54, 1.807) is 12.1 Å². The second-order valence-electron chi connectivity index (χ2n) is 3.80. The second kappa shape index (κ2) is 7.07. The van der Waals surface area contributed by atoms with Crippen LogP contribution in [0.4, 0.5) is 5.69 Å². The van der Waals surface area contributed by atoms with Gasteiger partial charge in [-0.25, -0.2) is 4.98 Å². The monoisotopic (exact) mass is 355 g/mol. The van der Waals surface area contributed by atoms with Crippen LogP contribution in [0, 0.1) is 0 Å². The molecule has 21 heavy (non-hydrogen) atoms. The van der Waals surface area contributed by atoms with Crippen molar-refractivity contribution in [2.24, 2.45) is 0 Å². The summed E-state index contributed by atoms with van der Waals surface area (Å²) in [6, 6.07) is 3.38. The summed E-state index contributed by atoms with van der Waals surface area (Å²) in [5.41, 5.74) is 0.345. The van der Waals surface area contributed by atoms with Crippen LogP contribution in [-0.2, 0) is 0 Å². The number of carbonyl (C=O) groups excluding carboxylic acids is 1. The molecule has 0 bridgehead atoms. The van der Waals surface area contributed by atoms with Gasteiger partial charge in [0.05, 0.1) is 19.4 Å². The van der Waals surface area contributed by atoms with Crippen LogP contribution in [0.15, 0.2) is 27.4 Å². The number of carbonyl (C=O) groups is 1. The molecule has 0 saturated heterocycles. The number of furan rings is 1. The van der Waals surface area contributed by atoms with E-state index in [2.05, 4.69) is 31.2 Å². The van der Waals surface area contributed by atoms with Gasteiger partial charge in [0.25, 0.3) is 5.91 Å². The normalized spacial score (nSPS) is 10.2. The largest absolute Gasteiger partial charge is 0.476 e. The molecule has 8 heteroatoms. The van der Waals surface area contributed by atoms with Crippen LogP contribution in [0.2, 0.25) is 0 Å². The molecule has 0 aromatic carbocycles. The smallest absolute Gasteiger partial charge is 0.319 e. The molecule has 1 amide bonds. The molecule has 1 N–H and O–H groups in total. The lowest BCUT2D eigenvalue weighted by molar-refractivity contribution is 0.0994. The third-order valence-corrected chi connectivity index (χ3v) is 2.76. The molecule has 0 aliphatic rings. The Labute approximate surface area is 129 Å². The highest BCUT2D eigenvalue weighted by Crippen LogP contribution is 2.24. The van der Waals surface area contributed by atoms with Crippen LogP contribution in [0.1, 0.15) is 24.4 Å². The number of nitrogens with zero attached hydrogens (tertiary/aromatic N) is 2. The number of hydrogen-bond acceptors (Lipinski definition) is 6. The van der Waals surface area contributed by atoms with E-state index in [9.17, 15) is 4.79 Å². The average molecular weight is 356 g/mol. The lowest BCUT2D eigenvalue weighted by atomic mass is 10.4. The summed E-state index contributed by atoms with van der Waals surface area (Å²) in [4.78, 5) is 20.1. The molecular formula is C13H14BrN3O4. The van der Waals surface area contributed by atoms with Crippen LogP contribution in [0.3, 0.4) is 0 Å². The van der Waals surface area contributed by atoms with Crippen LogP contribution in [0.5, 0.6) is 11.9 Å². The maximum atomic E-state index is 12.0. The summed E-state index contributed by atoms with van der Waals surface area (Å²) in [5.74, 6) is -0.0115.